The average Bonchev–Trinajstić information content (AvgIpc) is 2.61. The molecular weight excluding hydrogens is 300 g/mol. The third-order valence-electron chi connectivity index (χ3n) is 4.58. The summed E-state index contributed by atoms with van der Waals surface area (Å²) in [6.07, 6.45) is 0.920. The molecule has 3 rings (SSSR count). The molecule has 1 heterocycles. The van der Waals surface area contributed by atoms with Crippen LogP contribution in [0.3, 0.4) is 0 Å². The van der Waals surface area contributed by atoms with E-state index in [2.05, 4.69) is 46.6 Å². The predicted octanol–water partition coefficient (Wildman–Crippen LogP) is 3.33. The van der Waals surface area contributed by atoms with E-state index in [4.69, 9.17) is 4.74 Å². The van der Waals surface area contributed by atoms with Crippen molar-refractivity contribution in [2.24, 2.45) is 0 Å². The number of ether oxygens (including phenoxy) is 1. The van der Waals surface area contributed by atoms with Gasteiger partial charge in [-0.1, -0.05) is 24.3 Å². The van der Waals surface area contributed by atoms with Gasteiger partial charge in [0, 0.05) is 38.2 Å². The van der Waals surface area contributed by atoms with Crippen LogP contribution in [0.5, 0.6) is 5.75 Å². The number of hydrogen-bond donors (Lipinski definition) is 1. The van der Waals surface area contributed by atoms with Crippen LogP contribution in [-0.4, -0.2) is 26.1 Å². The van der Waals surface area contributed by atoms with E-state index in [1.54, 1.807) is 14.0 Å². The molecule has 0 saturated heterocycles. The van der Waals surface area contributed by atoms with Crippen molar-refractivity contribution in [3.63, 3.8) is 0 Å². The van der Waals surface area contributed by atoms with Crippen LogP contribution in [0.15, 0.2) is 48.5 Å². The third-order valence-corrected chi connectivity index (χ3v) is 4.58. The third kappa shape index (κ3) is 3.70. The van der Waals surface area contributed by atoms with Crippen molar-refractivity contribution in [1.29, 1.82) is 0 Å². The summed E-state index contributed by atoms with van der Waals surface area (Å²) in [4.78, 5) is 13.6. The van der Waals surface area contributed by atoms with Gasteiger partial charge in [-0.05, 0) is 41.8 Å². The number of hydrogen-bond acceptors (Lipinski definition) is 3. The number of rotatable bonds is 5. The van der Waals surface area contributed by atoms with Gasteiger partial charge in [0.1, 0.15) is 5.75 Å². The van der Waals surface area contributed by atoms with Gasteiger partial charge in [0.25, 0.3) is 0 Å². The second kappa shape index (κ2) is 7.39. The van der Waals surface area contributed by atoms with Crippen LogP contribution in [-0.2, 0) is 11.3 Å². The summed E-state index contributed by atoms with van der Waals surface area (Å²) in [6.45, 7) is 4.11. The van der Waals surface area contributed by atoms with Crippen molar-refractivity contribution in [2.45, 2.75) is 25.8 Å². The van der Waals surface area contributed by atoms with Gasteiger partial charge >= 0.3 is 0 Å². The van der Waals surface area contributed by atoms with E-state index in [9.17, 15) is 4.79 Å². The monoisotopic (exact) mass is 324 g/mol. The molecule has 0 spiro atoms. The zero-order valence-corrected chi connectivity index (χ0v) is 14.3. The maximum Gasteiger partial charge on any atom is 0.216 e. The first-order chi connectivity index (χ1) is 11.7. The fourth-order valence-corrected chi connectivity index (χ4v) is 3.36. The Morgan fingerprint density at radius 3 is 2.75 bits per heavy atom. The van der Waals surface area contributed by atoms with Crippen LogP contribution >= 0.6 is 0 Å². The first-order valence-electron chi connectivity index (χ1n) is 8.38. The average molecular weight is 324 g/mol. The highest BCUT2D eigenvalue weighted by atomic mass is 16.5. The predicted molar refractivity (Wildman–Crippen MR) is 96.5 cm³/mol. The van der Waals surface area contributed by atoms with Crippen LogP contribution in [0.1, 0.15) is 30.4 Å². The molecule has 1 aliphatic heterocycles. The van der Waals surface area contributed by atoms with Crippen molar-refractivity contribution in [3.8, 4) is 5.75 Å². The minimum absolute atomic E-state index is 0.0246. The summed E-state index contributed by atoms with van der Waals surface area (Å²) in [7, 11) is 1.70. The normalized spacial score (nSPS) is 16.4. The molecule has 0 aliphatic carbocycles. The molecule has 126 valence electrons. The highest BCUT2D eigenvalue weighted by molar-refractivity contribution is 5.72. The molecule has 0 radical (unpaired) electrons. The van der Waals surface area contributed by atoms with E-state index in [-0.39, 0.29) is 5.91 Å². The van der Waals surface area contributed by atoms with Gasteiger partial charge in [0.2, 0.25) is 5.91 Å². The van der Waals surface area contributed by atoms with Crippen molar-refractivity contribution in [1.82, 2.24) is 5.32 Å². The van der Waals surface area contributed by atoms with Gasteiger partial charge in [-0.15, -0.1) is 0 Å². The van der Waals surface area contributed by atoms with Crippen molar-refractivity contribution < 1.29 is 9.53 Å². The van der Waals surface area contributed by atoms with Gasteiger partial charge in [-0.2, -0.15) is 0 Å². The molecule has 0 aromatic heterocycles. The maximum absolute atomic E-state index is 11.2. The zero-order valence-electron chi connectivity index (χ0n) is 14.3. The Morgan fingerprint density at radius 1 is 1.25 bits per heavy atom. The smallest absolute Gasteiger partial charge is 0.216 e. The standard InChI is InChI=1S/C20H24N2O2/c1-15(23)21-11-10-17-14-22(18-6-4-3-5-7-18)13-16-8-9-19(24-2)12-20(16)17/h3-9,12,17H,10-11,13-14H2,1-2H3,(H,21,23). The number of methoxy groups -OCH3 is 1. The van der Waals surface area contributed by atoms with Crippen LogP contribution in [0, 0.1) is 0 Å². The zero-order chi connectivity index (χ0) is 16.9. The second-order valence-corrected chi connectivity index (χ2v) is 6.25. The summed E-state index contributed by atoms with van der Waals surface area (Å²) in [5.74, 6) is 1.29. The van der Waals surface area contributed by atoms with Crippen LogP contribution in [0.4, 0.5) is 5.69 Å². The molecule has 1 amide bonds. The van der Waals surface area contributed by atoms with Gasteiger partial charge in [-0.3, -0.25) is 4.79 Å². The Morgan fingerprint density at radius 2 is 2.04 bits per heavy atom. The fourth-order valence-electron chi connectivity index (χ4n) is 3.36. The molecule has 2 aromatic rings. The first-order valence-corrected chi connectivity index (χ1v) is 8.38. The van der Waals surface area contributed by atoms with Crippen molar-refractivity contribution >= 4 is 11.6 Å². The lowest BCUT2D eigenvalue weighted by Crippen LogP contribution is -2.35. The summed E-state index contributed by atoms with van der Waals surface area (Å²) >= 11 is 0. The number of benzene rings is 2. The lowest BCUT2D eigenvalue weighted by molar-refractivity contribution is -0.118. The topological polar surface area (TPSA) is 41.6 Å². The molecular formula is C20H24N2O2. The van der Waals surface area contributed by atoms with Gasteiger partial charge in [0.05, 0.1) is 7.11 Å². The molecule has 4 nitrogen and oxygen atoms in total. The molecule has 2 aromatic carbocycles. The molecule has 4 heteroatoms. The molecule has 1 aliphatic rings. The number of anilines is 1. The van der Waals surface area contributed by atoms with Gasteiger partial charge in [0.15, 0.2) is 0 Å². The van der Waals surface area contributed by atoms with E-state index in [0.29, 0.717) is 12.5 Å². The van der Waals surface area contributed by atoms with E-state index >= 15 is 0 Å². The minimum Gasteiger partial charge on any atom is -0.497 e. The molecule has 0 fully saturated rings. The van der Waals surface area contributed by atoms with Crippen LogP contribution in [0.25, 0.3) is 0 Å². The fraction of sp³-hybridized carbons (Fsp3) is 0.350. The van der Waals surface area contributed by atoms with E-state index in [1.807, 2.05) is 12.1 Å². The first kappa shape index (κ1) is 16.4. The highest BCUT2D eigenvalue weighted by Crippen LogP contribution is 2.35. The number of nitrogens with one attached hydrogen (secondary N) is 1. The number of amides is 1. The lowest BCUT2D eigenvalue weighted by Gasteiger charge is -2.36. The summed E-state index contributed by atoms with van der Waals surface area (Å²) in [6, 6.07) is 16.8. The Hall–Kier alpha value is -2.49. The largest absolute Gasteiger partial charge is 0.497 e. The van der Waals surface area contributed by atoms with Crippen LogP contribution < -0.4 is 15.0 Å². The van der Waals surface area contributed by atoms with E-state index in [1.165, 1.54) is 16.8 Å². The quantitative estimate of drug-likeness (QED) is 0.917. The number of carbonyl (C=O) groups excluding carboxylic acids is 1. The Bertz CT molecular complexity index is 700. The number of nitrogens with zero attached hydrogens (tertiary/aromatic N) is 1. The summed E-state index contributed by atoms with van der Waals surface area (Å²) in [5.41, 5.74) is 3.91. The molecule has 1 atom stereocenters. The number of carbonyl (C=O) groups is 1. The second-order valence-electron chi connectivity index (χ2n) is 6.25. The lowest BCUT2D eigenvalue weighted by atomic mass is 9.87. The minimum atomic E-state index is 0.0246. The Balaban J connectivity index is 1.85. The molecule has 0 saturated carbocycles. The number of fused-ring (bicyclic) bond motifs is 1. The summed E-state index contributed by atoms with van der Waals surface area (Å²) < 4.78 is 5.40. The van der Waals surface area contributed by atoms with Gasteiger partial charge < -0.3 is 15.0 Å². The van der Waals surface area contributed by atoms with Crippen LogP contribution in [0.2, 0.25) is 0 Å². The molecule has 1 N–H and O–H groups in total. The maximum atomic E-state index is 11.2. The highest BCUT2D eigenvalue weighted by Gasteiger charge is 2.25. The van der Waals surface area contributed by atoms with E-state index < -0.39 is 0 Å². The van der Waals surface area contributed by atoms with Crippen molar-refractivity contribution in [2.75, 3.05) is 25.1 Å². The SMILES string of the molecule is COc1ccc2c(c1)C(CCNC(C)=O)CN(c1ccccc1)C2. The summed E-state index contributed by atoms with van der Waals surface area (Å²) in [5, 5.41) is 2.92. The molecule has 24 heavy (non-hydrogen) atoms. The Labute approximate surface area is 143 Å². The molecule has 0 bridgehead atoms. The van der Waals surface area contributed by atoms with E-state index in [0.717, 1.165) is 25.3 Å². The number of para-hydroxylation sites is 1. The molecule has 1 unspecified atom stereocenters. The Kier molecular flexibility index (Phi) is 5.04. The van der Waals surface area contributed by atoms with Gasteiger partial charge in [-0.25, -0.2) is 0 Å². The van der Waals surface area contributed by atoms with Crippen molar-refractivity contribution in [3.05, 3.63) is 59.7 Å².